The number of benzene rings is 1. The number of para-hydroxylation sites is 1. The summed E-state index contributed by atoms with van der Waals surface area (Å²) in [4.78, 5) is 0. The Kier molecular flexibility index (Phi) is 2.39. The zero-order chi connectivity index (χ0) is 11.0. The molecule has 1 saturated carbocycles. The molecule has 86 valence electrons. The van der Waals surface area contributed by atoms with E-state index in [4.69, 9.17) is 4.74 Å². The largest absolute Gasteiger partial charge is 0.492 e. The van der Waals surface area contributed by atoms with E-state index in [0.717, 1.165) is 23.9 Å². The maximum Gasteiger partial charge on any atom is 0.144 e. The summed E-state index contributed by atoms with van der Waals surface area (Å²) in [5.74, 6) is 1.83. The van der Waals surface area contributed by atoms with Gasteiger partial charge in [-0.1, -0.05) is 6.07 Å². The third-order valence-corrected chi connectivity index (χ3v) is 3.36. The van der Waals surface area contributed by atoms with Crippen molar-refractivity contribution in [3.8, 4) is 5.75 Å². The van der Waals surface area contributed by atoms with Crippen LogP contribution in [0, 0.1) is 5.92 Å². The normalized spacial score (nSPS) is 22.9. The Balaban J connectivity index is 1.84. The molecule has 1 aliphatic carbocycles. The molecule has 1 aromatic rings. The Hall–Kier alpha value is -1.38. The fourth-order valence-corrected chi connectivity index (χ4v) is 2.36. The van der Waals surface area contributed by atoms with E-state index in [1.54, 1.807) is 0 Å². The van der Waals surface area contributed by atoms with Crippen molar-refractivity contribution < 1.29 is 4.74 Å². The number of hydrogen-bond donors (Lipinski definition) is 2. The Morgan fingerprint density at radius 1 is 1.38 bits per heavy atom. The molecule has 3 heteroatoms. The van der Waals surface area contributed by atoms with Crippen LogP contribution in [-0.2, 0) is 0 Å². The molecule has 3 nitrogen and oxygen atoms in total. The molecule has 0 amide bonds. The lowest BCUT2D eigenvalue weighted by atomic mass is 10.1. The fraction of sp³-hybridized carbons (Fsp3) is 0.538. The lowest BCUT2D eigenvalue weighted by molar-refractivity contribution is 0.341. The minimum Gasteiger partial charge on any atom is -0.492 e. The predicted molar refractivity (Wildman–Crippen MR) is 66.2 cm³/mol. The van der Waals surface area contributed by atoms with E-state index >= 15 is 0 Å². The number of anilines is 2. The molecule has 0 radical (unpaired) electrons. The van der Waals surface area contributed by atoms with Crippen LogP contribution in [0.25, 0.3) is 0 Å². The molecule has 1 aliphatic heterocycles. The number of ether oxygens (including phenoxy) is 1. The highest BCUT2D eigenvalue weighted by atomic mass is 16.5. The van der Waals surface area contributed by atoms with Gasteiger partial charge in [0.05, 0.1) is 12.3 Å². The van der Waals surface area contributed by atoms with Crippen molar-refractivity contribution in [1.29, 1.82) is 0 Å². The summed E-state index contributed by atoms with van der Waals surface area (Å²) in [6.45, 7) is 3.74. The highest BCUT2D eigenvalue weighted by Gasteiger charge is 2.33. The minimum absolute atomic E-state index is 0.601. The van der Waals surface area contributed by atoms with Gasteiger partial charge in [0.1, 0.15) is 11.4 Å². The highest BCUT2D eigenvalue weighted by Crippen LogP contribution is 2.41. The van der Waals surface area contributed by atoms with Crippen LogP contribution in [0.3, 0.4) is 0 Å². The van der Waals surface area contributed by atoms with Gasteiger partial charge < -0.3 is 15.4 Å². The molecule has 2 aliphatic rings. The van der Waals surface area contributed by atoms with Gasteiger partial charge in [0.15, 0.2) is 0 Å². The van der Waals surface area contributed by atoms with Gasteiger partial charge in [-0.15, -0.1) is 0 Å². The topological polar surface area (TPSA) is 33.3 Å². The molecule has 0 aromatic heterocycles. The van der Waals surface area contributed by atoms with Crippen molar-refractivity contribution in [2.24, 2.45) is 5.92 Å². The first-order chi connectivity index (χ1) is 7.88. The van der Waals surface area contributed by atoms with Crippen molar-refractivity contribution in [2.75, 3.05) is 23.8 Å². The summed E-state index contributed by atoms with van der Waals surface area (Å²) < 4.78 is 5.61. The van der Waals surface area contributed by atoms with Crippen LogP contribution >= 0.6 is 0 Å². The average Bonchev–Trinajstić information content (AvgIpc) is 3.13. The molecule has 2 N–H and O–H groups in total. The summed E-state index contributed by atoms with van der Waals surface area (Å²) in [7, 11) is 0. The maximum absolute atomic E-state index is 5.61. The molecule has 1 aromatic carbocycles. The van der Waals surface area contributed by atoms with Crippen LogP contribution in [0.2, 0.25) is 0 Å². The Labute approximate surface area is 96.2 Å². The van der Waals surface area contributed by atoms with Crippen LogP contribution in [0.15, 0.2) is 18.2 Å². The Morgan fingerprint density at radius 3 is 3.00 bits per heavy atom. The Bertz CT molecular complexity index is 388. The molecule has 1 atom stereocenters. The monoisotopic (exact) mass is 218 g/mol. The van der Waals surface area contributed by atoms with Crippen molar-refractivity contribution in [3.05, 3.63) is 18.2 Å². The van der Waals surface area contributed by atoms with Gasteiger partial charge in [-0.3, -0.25) is 0 Å². The average molecular weight is 218 g/mol. The van der Waals surface area contributed by atoms with Gasteiger partial charge in [0, 0.05) is 12.6 Å². The zero-order valence-corrected chi connectivity index (χ0v) is 9.62. The lowest BCUT2D eigenvalue weighted by Gasteiger charge is -2.29. The van der Waals surface area contributed by atoms with E-state index in [0.29, 0.717) is 12.6 Å². The third kappa shape index (κ3) is 1.70. The summed E-state index contributed by atoms with van der Waals surface area (Å²) in [6.07, 6.45) is 2.75. The standard InChI is InChI=1S/C13H18N2O/c1-2-16-12-5-3-4-10-13(12)14-8-11(15-10)9-6-7-9/h3-5,9,11,14-15H,2,6-8H2,1H3. The number of fused-ring (bicyclic) bond motifs is 1. The van der Waals surface area contributed by atoms with E-state index in [-0.39, 0.29) is 0 Å². The molecular weight excluding hydrogens is 200 g/mol. The van der Waals surface area contributed by atoms with Crippen molar-refractivity contribution in [1.82, 2.24) is 0 Å². The molecule has 0 spiro atoms. The summed E-state index contributed by atoms with van der Waals surface area (Å²) in [6, 6.07) is 6.80. The van der Waals surface area contributed by atoms with Crippen molar-refractivity contribution in [3.63, 3.8) is 0 Å². The molecule has 0 bridgehead atoms. The van der Waals surface area contributed by atoms with Crippen LogP contribution in [-0.4, -0.2) is 19.2 Å². The van der Waals surface area contributed by atoms with Crippen LogP contribution < -0.4 is 15.4 Å². The number of rotatable bonds is 3. The maximum atomic E-state index is 5.61. The van der Waals surface area contributed by atoms with Crippen LogP contribution in [0.4, 0.5) is 11.4 Å². The molecule has 16 heavy (non-hydrogen) atoms. The molecule has 0 saturated heterocycles. The minimum atomic E-state index is 0.601. The van der Waals surface area contributed by atoms with E-state index in [1.807, 2.05) is 19.1 Å². The molecular formula is C13H18N2O. The Morgan fingerprint density at radius 2 is 2.25 bits per heavy atom. The van der Waals surface area contributed by atoms with E-state index in [1.165, 1.54) is 18.5 Å². The van der Waals surface area contributed by atoms with Gasteiger partial charge in [-0.25, -0.2) is 0 Å². The quantitative estimate of drug-likeness (QED) is 0.818. The fourth-order valence-electron chi connectivity index (χ4n) is 2.36. The van der Waals surface area contributed by atoms with Gasteiger partial charge in [-0.2, -0.15) is 0 Å². The molecule has 1 heterocycles. The van der Waals surface area contributed by atoms with E-state index < -0.39 is 0 Å². The molecule has 1 unspecified atom stereocenters. The first-order valence-corrected chi connectivity index (χ1v) is 6.14. The number of hydrogen-bond acceptors (Lipinski definition) is 3. The van der Waals surface area contributed by atoms with Gasteiger partial charge >= 0.3 is 0 Å². The van der Waals surface area contributed by atoms with Gasteiger partial charge in [-0.05, 0) is 37.8 Å². The second kappa shape index (κ2) is 3.89. The SMILES string of the molecule is CCOc1cccc2c1NCC(C1CC1)N2. The first-order valence-electron chi connectivity index (χ1n) is 6.14. The van der Waals surface area contributed by atoms with Crippen LogP contribution in [0.5, 0.6) is 5.75 Å². The summed E-state index contributed by atoms with van der Waals surface area (Å²) >= 11 is 0. The second-order valence-corrected chi connectivity index (χ2v) is 4.58. The predicted octanol–water partition coefficient (Wildman–Crippen LogP) is 2.70. The van der Waals surface area contributed by atoms with Gasteiger partial charge in [0.2, 0.25) is 0 Å². The van der Waals surface area contributed by atoms with E-state index in [2.05, 4.69) is 16.7 Å². The van der Waals surface area contributed by atoms with Crippen LogP contribution in [0.1, 0.15) is 19.8 Å². The number of nitrogens with one attached hydrogen (secondary N) is 2. The third-order valence-electron chi connectivity index (χ3n) is 3.36. The highest BCUT2D eigenvalue weighted by molar-refractivity contribution is 5.77. The molecule has 1 fully saturated rings. The summed E-state index contributed by atoms with van der Waals surface area (Å²) in [5, 5.41) is 7.12. The van der Waals surface area contributed by atoms with Crippen molar-refractivity contribution >= 4 is 11.4 Å². The second-order valence-electron chi connectivity index (χ2n) is 4.58. The summed E-state index contributed by atoms with van der Waals surface area (Å²) in [5.41, 5.74) is 2.32. The smallest absolute Gasteiger partial charge is 0.144 e. The first kappa shape index (κ1) is 9.82. The van der Waals surface area contributed by atoms with E-state index in [9.17, 15) is 0 Å². The lowest BCUT2D eigenvalue weighted by Crippen LogP contribution is -2.34. The van der Waals surface area contributed by atoms with Crippen molar-refractivity contribution in [2.45, 2.75) is 25.8 Å². The zero-order valence-electron chi connectivity index (χ0n) is 9.62. The van der Waals surface area contributed by atoms with Gasteiger partial charge in [0.25, 0.3) is 0 Å². The molecule has 3 rings (SSSR count).